The summed E-state index contributed by atoms with van der Waals surface area (Å²) >= 11 is 1.71. The van der Waals surface area contributed by atoms with E-state index in [1.807, 2.05) is 11.4 Å². The van der Waals surface area contributed by atoms with Gasteiger partial charge in [0.25, 0.3) is 11.5 Å². The van der Waals surface area contributed by atoms with Crippen molar-refractivity contribution in [1.29, 1.82) is 0 Å². The van der Waals surface area contributed by atoms with Gasteiger partial charge in [0, 0.05) is 24.9 Å². The van der Waals surface area contributed by atoms with Gasteiger partial charge in [-0.25, -0.2) is 4.68 Å². The van der Waals surface area contributed by atoms with Crippen molar-refractivity contribution in [1.82, 2.24) is 15.1 Å². The first-order valence-electron chi connectivity index (χ1n) is 7.49. The van der Waals surface area contributed by atoms with Crippen LogP contribution >= 0.6 is 11.3 Å². The number of carbonyl (C=O) groups is 1. The summed E-state index contributed by atoms with van der Waals surface area (Å²) in [4.78, 5) is 26.0. The Bertz CT molecular complexity index is 809. The minimum atomic E-state index is -0.383. The van der Waals surface area contributed by atoms with Crippen LogP contribution in [0.1, 0.15) is 38.2 Å². The summed E-state index contributed by atoms with van der Waals surface area (Å²) in [5.74, 6) is -0.375. The van der Waals surface area contributed by atoms with E-state index >= 15 is 0 Å². The lowest BCUT2D eigenvalue weighted by Crippen LogP contribution is -2.37. The maximum absolute atomic E-state index is 12.5. The zero-order chi connectivity index (χ0) is 16.6. The smallest absolute Gasteiger partial charge is 0.279 e. The number of nitrogens with zero attached hydrogens (tertiary/aromatic N) is 2. The molecule has 0 unspecified atom stereocenters. The predicted octanol–water partition coefficient (Wildman–Crippen LogP) is 1.50. The van der Waals surface area contributed by atoms with E-state index in [9.17, 15) is 9.59 Å². The van der Waals surface area contributed by atoms with Crippen LogP contribution in [0.15, 0.2) is 16.2 Å². The van der Waals surface area contributed by atoms with E-state index in [4.69, 9.17) is 4.74 Å². The molecule has 0 fully saturated rings. The molecule has 1 aliphatic rings. The number of aromatic nitrogens is 2. The number of thiophene rings is 1. The molecule has 7 heteroatoms. The molecule has 1 N–H and O–H groups in total. The van der Waals surface area contributed by atoms with Gasteiger partial charge in [-0.3, -0.25) is 9.59 Å². The third-order valence-electron chi connectivity index (χ3n) is 4.18. The molecule has 1 aliphatic heterocycles. The lowest BCUT2D eigenvalue weighted by atomic mass is 10.1. The van der Waals surface area contributed by atoms with Crippen molar-refractivity contribution in [3.05, 3.63) is 49.1 Å². The monoisotopic (exact) mass is 333 g/mol. The van der Waals surface area contributed by atoms with Crippen molar-refractivity contribution >= 4 is 17.2 Å². The highest BCUT2D eigenvalue weighted by molar-refractivity contribution is 7.10. The van der Waals surface area contributed by atoms with E-state index in [-0.39, 0.29) is 23.1 Å². The molecule has 0 aliphatic carbocycles. The number of nitrogens with one attached hydrogen (secondary N) is 1. The Labute approximate surface area is 138 Å². The van der Waals surface area contributed by atoms with Gasteiger partial charge in [-0.05, 0) is 36.4 Å². The number of hydrogen-bond donors (Lipinski definition) is 1. The molecule has 2 aromatic heterocycles. The Kier molecular flexibility index (Phi) is 4.32. The average molecular weight is 333 g/mol. The summed E-state index contributed by atoms with van der Waals surface area (Å²) < 4.78 is 6.95. The molecule has 0 saturated carbocycles. The summed E-state index contributed by atoms with van der Waals surface area (Å²) in [7, 11) is 1.55. The van der Waals surface area contributed by atoms with Crippen molar-refractivity contribution in [2.24, 2.45) is 7.05 Å². The first-order valence-corrected chi connectivity index (χ1v) is 8.37. The zero-order valence-corrected chi connectivity index (χ0v) is 14.2. The summed E-state index contributed by atoms with van der Waals surface area (Å²) in [5, 5.41) is 8.97. The summed E-state index contributed by atoms with van der Waals surface area (Å²) in [5.41, 5.74) is 2.20. The Hall–Kier alpha value is -1.99. The first kappa shape index (κ1) is 15.9. The van der Waals surface area contributed by atoms with E-state index in [0.29, 0.717) is 24.4 Å². The second-order valence-electron chi connectivity index (χ2n) is 5.63. The topological polar surface area (TPSA) is 73.2 Å². The molecule has 0 radical (unpaired) electrons. The number of ether oxygens (including phenoxy) is 1. The molecule has 6 nitrogen and oxygen atoms in total. The predicted molar refractivity (Wildman–Crippen MR) is 88.0 cm³/mol. The van der Waals surface area contributed by atoms with Gasteiger partial charge in [-0.15, -0.1) is 11.3 Å². The lowest BCUT2D eigenvalue weighted by molar-refractivity contribution is 0.0423. The molecule has 0 bridgehead atoms. The SMILES string of the molecule is Cc1nn(C)c(=O)c(C(=O)NC[C@H]2OCCc3sccc32)c1C. The van der Waals surface area contributed by atoms with Gasteiger partial charge in [-0.1, -0.05) is 0 Å². The van der Waals surface area contributed by atoms with Crippen molar-refractivity contribution < 1.29 is 9.53 Å². The van der Waals surface area contributed by atoms with Gasteiger partial charge in [-0.2, -0.15) is 5.10 Å². The second-order valence-corrected chi connectivity index (χ2v) is 6.63. The van der Waals surface area contributed by atoms with Gasteiger partial charge < -0.3 is 10.1 Å². The normalized spacial score (nSPS) is 16.9. The molecule has 2 aromatic rings. The highest BCUT2D eigenvalue weighted by Crippen LogP contribution is 2.30. The number of aryl methyl sites for hydroxylation is 2. The fraction of sp³-hybridized carbons (Fsp3) is 0.438. The van der Waals surface area contributed by atoms with Crippen LogP contribution in [0.4, 0.5) is 0 Å². The van der Waals surface area contributed by atoms with Crippen LogP contribution in [-0.2, 0) is 18.2 Å². The molecule has 122 valence electrons. The number of amides is 1. The van der Waals surface area contributed by atoms with Crippen LogP contribution in [0.3, 0.4) is 0 Å². The van der Waals surface area contributed by atoms with Gasteiger partial charge in [0.05, 0.1) is 12.3 Å². The summed E-state index contributed by atoms with van der Waals surface area (Å²) in [6, 6.07) is 2.04. The van der Waals surface area contributed by atoms with E-state index < -0.39 is 0 Å². The molecule has 3 rings (SSSR count). The minimum Gasteiger partial charge on any atom is -0.371 e. The van der Waals surface area contributed by atoms with E-state index in [1.54, 1.807) is 32.2 Å². The van der Waals surface area contributed by atoms with Crippen LogP contribution in [0.25, 0.3) is 0 Å². The third-order valence-corrected chi connectivity index (χ3v) is 5.17. The van der Waals surface area contributed by atoms with Gasteiger partial charge >= 0.3 is 0 Å². The second kappa shape index (κ2) is 6.25. The molecule has 0 saturated heterocycles. The molecular weight excluding hydrogens is 314 g/mol. The number of rotatable bonds is 3. The summed E-state index contributed by atoms with van der Waals surface area (Å²) in [6.07, 6.45) is 0.765. The third kappa shape index (κ3) is 2.94. The number of fused-ring (bicyclic) bond motifs is 1. The quantitative estimate of drug-likeness (QED) is 0.924. The molecule has 23 heavy (non-hydrogen) atoms. The molecule has 0 spiro atoms. The molecule has 0 aromatic carbocycles. The highest BCUT2D eigenvalue weighted by atomic mass is 32.1. The van der Waals surface area contributed by atoms with Gasteiger partial charge in [0.2, 0.25) is 0 Å². The van der Waals surface area contributed by atoms with Crippen molar-refractivity contribution in [3.63, 3.8) is 0 Å². The Morgan fingerprint density at radius 2 is 2.30 bits per heavy atom. The van der Waals surface area contributed by atoms with Crippen LogP contribution in [0.5, 0.6) is 0 Å². The number of hydrogen-bond acceptors (Lipinski definition) is 5. The van der Waals surface area contributed by atoms with Crippen LogP contribution in [-0.4, -0.2) is 28.8 Å². The van der Waals surface area contributed by atoms with Crippen LogP contribution in [0.2, 0.25) is 0 Å². The number of carbonyl (C=O) groups excluding carboxylic acids is 1. The zero-order valence-electron chi connectivity index (χ0n) is 13.4. The maximum Gasteiger partial charge on any atom is 0.279 e. The molecular formula is C16H19N3O3S. The van der Waals surface area contributed by atoms with E-state index in [0.717, 1.165) is 12.0 Å². The molecule has 1 amide bonds. The standard InChI is InChI=1S/C16H19N3O3S/c1-9-10(2)18-19(3)16(21)14(9)15(20)17-8-12-11-5-7-23-13(11)4-6-22-12/h5,7,12H,4,6,8H2,1-3H3,(H,17,20)/t12-/m1/s1. The molecule has 3 heterocycles. The fourth-order valence-electron chi connectivity index (χ4n) is 2.78. The van der Waals surface area contributed by atoms with Gasteiger partial charge in [0.1, 0.15) is 11.7 Å². The highest BCUT2D eigenvalue weighted by Gasteiger charge is 2.24. The fourth-order valence-corrected chi connectivity index (χ4v) is 3.70. The van der Waals surface area contributed by atoms with Gasteiger partial charge in [0.15, 0.2) is 0 Å². The maximum atomic E-state index is 12.5. The Morgan fingerprint density at radius 3 is 3.09 bits per heavy atom. The van der Waals surface area contributed by atoms with Crippen molar-refractivity contribution in [2.45, 2.75) is 26.4 Å². The lowest BCUT2D eigenvalue weighted by Gasteiger charge is -2.23. The largest absolute Gasteiger partial charge is 0.371 e. The van der Waals surface area contributed by atoms with Crippen LogP contribution in [0, 0.1) is 13.8 Å². The van der Waals surface area contributed by atoms with E-state index in [2.05, 4.69) is 10.4 Å². The van der Waals surface area contributed by atoms with Crippen molar-refractivity contribution in [2.75, 3.05) is 13.2 Å². The first-order chi connectivity index (χ1) is 11.0. The average Bonchev–Trinajstić information content (AvgIpc) is 3.00. The Morgan fingerprint density at radius 1 is 1.52 bits per heavy atom. The molecule has 1 atom stereocenters. The van der Waals surface area contributed by atoms with E-state index in [1.165, 1.54) is 9.56 Å². The van der Waals surface area contributed by atoms with Crippen LogP contribution < -0.4 is 10.9 Å². The Balaban J connectivity index is 1.79. The summed E-state index contributed by atoms with van der Waals surface area (Å²) in [6.45, 7) is 4.54. The minimum absolute atomic E-state index is 0.152. The van der Waals surface area contributed by atoms with Crippen molar-refractivity contribution in [3.8, 4) is 0 Å².